The molecule has 0 saturated carbocycles. The second-order valence-electron chi connectivity index (χ2n) is 6.24. The molecule has 144 valence electrons. The zero-order chi connectivity index (χ0) is 19.1. The van der Waals surface area contributed by atoms with E-state index in [-0.39, 0.29) is 6.54 Å². The molecule has 0 fully saturated rings. The number of hydrogen-bond donors (Lipinski definition) is 4. The summed E-state index contributed by atoms with van der Waals surface area (Å²) in [5.41, 5.74) is -0.121. The van der Waals surface area contributed by atoms with E-state index in [4.69, 9.17) is 4.42 Å². The molecule has 8 nitrogen and oxygen atoms in total. The third-order valence-corrected chi connectivity index (χ3v) is 4.64. The Kier molecular flexibility index (Phi) is 6.25. The summed E-state index contributed by atoms with van der Waals surface area (Å²) in [7, 11) is 0. The molecule has 3 aromatic heterocycles. The Hall–Kier alpha value is -2.65. The van der Waals surface area contributed by atoms with Crippen molar-refractivity contribution in [2.24, 2.45) is 4.99 Å². The van der Waals surface area contributed by atoms with Gasteiger partial charge >= 0.3 is 0 Å². The zero-order valence-electron chi connectivity index (χ0n) is 15.4. The first-order chi connectivity index (χ1) is 13.1. The van der Waals surface area contributed by atoms with Gasteiger partial charge in [-0.1, -0.05) is 0 Å². The highest BCUT2D eigenvalue weighted by Gasteiger charge is 2.23. The van der Waals surface area contributed by atoms with Crippen LogP contribution in [0.5, 0.6) is 0 Å². The van der Waals surface area contributed by atoms with Gasteiger partial charge in [-0.15, -0.1) is 0 Å². The number of nitrogens with one attached hydrogen (secondary N) is 3. The Labute approximate surface area is 161 Å². The second kappa shape index (κ2) is 8.83. The molecule has 1 unspecified atom stereocenters. The van der Waals surface area contributed by atoms with E-state index in [9.17, 15) is 5.11 Å². The number of aliphatic imine (C=N–C) groups is 1. The molecule has 0 aliphatic rings. The fraction of sp³-hybridized carbons (Fsp3) is 0.389. The van der Waals surface area contributed by atoms with Crippen LogP contribution in [0.2, 0.25) is 0 Å². The average Bonchev–Trinajstić information content (AvgIpc) is 3.41. The zero-order valence-corrected chi connectivity index (χ0v) is 16.2. The minimum absolute atomic E-state index is 0.268. The lowest BCUT2D eigenvalue weighted by Gasteiger charge is -2.21. The third kappa shape index (κ3) is 5.18. The van der Waals surface area contributed by atoms with Crippen LogP contribution in [0.3, 0.4) is 0 Å². The fourth-order valence-corrected chi connectivity index (χ4v) is 3.24. The number of nitrogens with zero attached hydrogens (tertiary/aromatic N) is 3. The summed E-state index contributed by atoms with van der Waals surface area (Å²) in [5, 5.41) is 28.0. The molecular formula is C18H24N6O2S. The highest BCUT2D eigenvalue weighted by atomic mass is 32.1. The quantitative estimate of drug-likeness (QED) is 0.347. The summed E-state index contributed by atoms with van der Waals surface area (Å²) < 4.78 is 5.29. The van der Waals surface area contributed by atoms with Crippen molar-refractivity contribution in [3.63, 3.8) is 0 Å². The first-order valence-electron chi connectivity index (χ1n) is 8.81. The van der Waals surface area contributed by atoms with Gasteiger partial charge in [0.05, 0.1) is 12.8 Å². The summed E-state index contributed by atoms with van der Waals surface area (Å²) in [6, 6.07) is 5.54. The maximum atomic E-state index is 10.6. The predicted octanol–water partition coefficient (Wildman–Crippen LogP) is 2.13. The van der Waals surface area contributed by atoms with E-state index in [1.165, 1.54) is 0 Å². The molecule has 3 heterocycles. The lowest BCUT2D eigenvalue weighted by Crippen LogP contribution is -2.39. The van der Waals surface area contributed by atoms with Crippen molar-refractivity contribution in [3.8, 4) is 11.6 Å². The van der Waals surface area contributed by atoms with Gasteiger partial charge in [-0.2, -0.15) is 16.4 Å². The molecule has 27 heavy (non-hydrogen) atoms. The van der Waals surface area contributed by atoms with Crippen molar-refractivity contribution < 1.29 is 9.52 Å². The normalized spacial score (nSPS) is 14.1. The number of aliphatic hydroxyl groups is 1. The van der Waals surface area contributed by atoms with Gasteiger partial charge in [-0.3, -0.25) is 5.10 Å². The van der Waals surface area contributed by atoms with E-state index in [1.54, 1.807) is 30.6 Å². The van der Waals surface area contributed by atoms with Crippen LogP contribution in [0.1, 0.15) is 25.2 Å². The van der Waals surface area contributed by atoms with Gasteiger partial charge in [0.1, 0.15) is 11.4 Å². The van der Waals surface area contributed by atoms with E-state index < -0.39 is 5.60 Å². The fourth-order valence-electron chi connectivity index (χ4n) is 2.46. The van der Waals surface area contributed by atoms with Crippen molar-refractivity contribution >= 4 is 17.3 Å². The third-order valence-electron chi connectivity index (χ3n) is 3.96. The first kappa shape index (κ1) is 19.1. The lowest BCUT2D eigenvalue weighted by molar-refractivity contribution is 0.0677. The van der Waals surface area contributed by atoms with Crippen molar-refractivity contribution in [1.82, 2.24) is 25.8 Å². The van der Waals surface area contributed by atoms with Crippen LogP contribution < -0.4 is 10.6 Å². The van der Waals surface area contributed by atoms with Crippen LogP contribution in [0, 0.1) is 0 Å². The Balaban J connectivity index is 1.54. The molecule has 0 aliphatic heterocycles. The smallest absolute Gasteiger partial charge is 0.216 e. The summed E-state index contributed by atoms with van der Waals surface area (Å²) in [6.45, 7) is 5.40. The molecule has 0 saturated heterocycles. The molecule has 3 aromatic rings. The first-order valence-corrected chi connectivity index (χ1v) is 9.75. The van der Waals surface area contributed by atoms with Crippen LogP contribution in [-0.2, 0) is 12.0 Å². The van der Waals surface area contributed by atoms with Gasteiger partial charge in [0.2, 0.25) is 5.82 Å². The SMILES string of the molecule is CCNC(=NCC(C)(O)c1ccsc1)NCCc1nc(-c2ccco2)n[nH]1. The van der Waals surface area contributed by atoms with E-state index in [0.717, 1.165) is 17.9 Å². The predicted molar refractivity (Wildman–Crippen MR) is 106 cm³/mol. The summed E-state index contributed by atoms with van der Waals surface area (Å²) in [4.78, 5) is 8.92. The number of rotatable bonds is 8. The maximum absolute atomic E-state index is 10.6. The van der Waals surface area contributed by atoms with E-state index >= 15 is 0 Å². The largest absolute Gasteiger partial charge is 0.461 e. The highest BCUT2D eigenvalue weighted by molar-refractivity contribution is 7.08. The summed E-state index contributed by atoms with van der Waals surface area (Å²) >= 11 is 1.56. The molecule has 0 aromatic carbocycles. The number of aromatic nitrogens is 3. The highest BCUT2D eigenvalue weighted by Crippen LogP contribution is 2.23. The van der Waals surface area contributed by atoms with Crippen molar-refractivity contribution in [2.75, 3.05) is 19.6 Å². The van der Waals surface area contributed by atoms with Crippen LogP contribution in [0.15, 0.2) is 44.6 Å². The van der Waals surface area contributed by atoms with E-state index in [2.05, 4.69) is 30.8 Å². The van der Waals surface area contributed by atoms with Crippen molar-refractivity contribution in [3.05, 3.63) is 46.6 Å². The van der Waals surface area contributed by atoms with Crippen LogP contribution in [0.4, 0.5) is 0 Å². The number of guanidine groups is 1. The molecule has 0 amide bonds. The van der Waals surface area contributed by atoms with Crippen LogP contribution in [0.25, 0.3) is 11.6 Å². The van der Waals surface area contributed by atoms with Crippen molar-refractivity contribution in [2.45, 2.75) is 25.9 Å². The second-order valence-corrected chi connectivity index (χ2v) is 7.02. The summed E-state index contributed by atoms with van der Waals surface area (Å²) in [6.07, 6.45) is 2.25. The van der Waals surface area contributed by atoms with E-state index in [0.29, 0.717) is 30.5 Å². The number of hydrogen-bond acceptors (Lipinski definition) is 6. The monoisotopic (exact) mass is 388 g/mol. The number of furan rings is 1. The van der Waals surface area contributed by atoms with Crippen LogP contribution in [-0.4, -0.2) is 45.9 Å². The molecule has 0 spiro atoms. The number of H-pyrrole nitrogens is 1. The average molecular weight is 388 g/mol. The molecule has 1 atom stereocenters. The van der Waals surface area contributed by atoms with Crippen molar-refractivity contribution in [1.29, 1.82) is 0 Å². The molecule has 0 bridgehead atoms. The Morgan fingerprint density at radius 2 is 2.30 bits per heavy atom. The molecular weight excluding hydrogens is 364 g/mol. The van der Waals surface area contributed by atoms with Gasteiger partial charge < -0.3 is 20.2 Å². The Bertz CT molecular complexity index is 839. The van der Waals surface area contributed by atoms with Gasteiger partial charge in [0.25, 0.3) is 0 Å². The van der Waals surface area contributed by atoms with Gasteiger partial charge in [-0.25, -0.2) is 9.98 Å². The summed E-state index contributed by atoms with van der Waals surface area (Å²) in [5.74, 6) is 2.59. The van der Waals surface area contributed by atoms with E-state index in [1.807, 2.05) is 29.8 Å². The minimum atomic E-state index is -0.995. The molecule has 3 rings (SSSR count). The standard InChI is InChI=1S/C18H24N6O2S/c1-3-19-17(21-12-18(2,25)13-7-10-27-11-13)20-8-6-15-22-16(24-23-15)14-5-4-9-26-14/h4-5,7,9-11,25H,3,6,8,12H2,1-2H3,(H2,19,20,21)(H,22,23,24). The van der Waals surface area contributed by atoms with Gasteiger partial charge in [-0.05, 0) is 48.4 Å². The van der Waals surface area contributed by atoms with Gasteiger partial charge in [0.15, 0.2) is 11.7 Å². The number of aromatic amines is 1. The Morgan fingerprint density at radius 3 is 3.00 bits per heavy atom. The lowest BCUT2D eigenvalue weighted by atomic mass is 10.00. The minimum Gasteiger partial charge on any atom is -0.461 e. The molecule has 4 N–H and O–H groups in total. The molecule has 0 aliphatic carbocycles. The van der Waals surface area contributed by atoms with Gasteiger partial charge in [0, 0.05) is 19.5 Å². The molecule has 9 heteroatoms. The van der Waals surface area contributed by atoms with Crippen LogP contribution >= 0.6 is 11.3 Å². The Morgan fingerprint density at radius 1 is 1.41 bits per heavy atom. The molecule has 0 radical (unpaired) electrons. The topological polar surface area (TPSA) is 111 Å². The number of thiophene rings is 1. The maximum Gasteiger partial charge on any atom is 0.216 e.